The molecule has 2 aliphatic rings. The van der Waals surface area contributed by atoms with Crippen LogP contribution >= 0.6 is 23.2 Å². The Morgan fingerprint density at radius 2 is 2.14 bits per heavy atom. The molecule has 3 heterocycles. The minimum Gasteiger partial charge on any atom is -0.429 e. The first kappa shape index (κ1) is 26.6. The molecule has 13 heteroatoms. The predicted octanol–water partition coefficient (Wildman–Crippen LogP) is 3.37. The number of nitrogens with one attached hydrogen (secondary N) is 3. The van der Waals surface area contributed by atoms with Crippen molar-refractivity contribution in [3.63, 3.8) is 0 Å². The monoisotopic (exact) mass is 544 g/mol. The maximum Gasteiger partial charge on any atom is 0.387 e. The van der Waals surface area contributed by atoms with Gasteiger partial charge >= 0.3 is 6.61 Å². The van der Waals surface area contributed by atoms with E-state index in [1.807, 2.05) is 0 Å². The fraction of sp³-hybridized carbons (Fsp3) is 0.522. The number of ether oxygens (including phenoxy) is 1. The van der Waals surface area contributed by atoms with E-state index >= 15 is 0 Å². The lowest BCUT2D eigenvalue weighted by atomic mass is 10.0. The first-order valence-electron chi connectivity index (χ1n) is 11.7. The average Bonchev–Trinajstić information content (AvgIpc) is 3.36. The van der Waals surface area contributed by atoms with Crippen LogP contribution in [0.3, 0.4) is 0 Å². The molecule has 0 spiro atoms. The summed E-state index contributed by atoms with van der Waals surface area (Å²) in [4.78, 5) is 22.7. The van der Waals surface area contributed by atoms with Crippen molar-refractivity contribution in [1.82, 2.24) is 20.6 Å². The number of carbonyl (C=O) groups excluding carboxylic acids is 1. The van der Waals surface area contributed by atoms with Crippen LogP contribution in [0.15, 0.2) is 24.4 Å². The van der Waals surface area contributed by atoms with Crippen LogP contribution in [-0.4, -0.2) is 65.4 Å². The molecule has 4 N–H and O–H groups in total. The summed E-state index contributed by atoms with van der Waals surface area (Å²) in [6, 6.07) is 3.94. The third kappa shape index (κ3) is 6.44. The smallest absolute Gasteiger partial charge is 0.387 e. The largest absolute Gasteiger partial charge is 0.429 e. The topological polar surface area (TPSA) is 112 Å². The number of aliphatic hydroxyl groups is 1. The minimum atomic E-state index is -3.06. The van der Waals surface area contributed by atoms with Crippen LogP contribution in [0.1, 0.15) is 37.8 Å². The van der Waals surface area contributed by atoms with Crippen molar-refractivity contribution in [2.45, 2.75) is 57.0 Å². The van der Waals surface area contributed by atoms with E-state index in [0.29, 0.717) is 28.6 Å². The van der Waals surface area contributed by atoms with E-state index in [1.165, 1.54) is 6.20 Å². The van der Waals surface area contributed by atoms with Crippen LogP contribution in [0.25, 0.3) is 0 Å². The van der Waals surface area contributed by atoms with E-state index in [4.69, 9.17) is 23.2 Å². The molecule has 0 saturated carbocycles. The van der Waals surface area contributed by atoms with Gasteiger partial charge in [0.1, 0.15) is 0 Å². The maximum absolute atomic E-state index is 13.0. The van der Waals surface area contributed by atoms with Gasteiger partial charge in [-0.25, -0.2) is 4.98 Å². The summed E-state index contributed by atoms with van der Waals surface area (Å²) in [6.07, 6.45) is 2.50. The lowest BCUT2D eigenvalue weighted by Crippen LogP contribution is -2.56. The molecule has 0 radical (unpaired) electrons. The number of aliphatic hydroxyl groups excluding tert-OH is 1. The Morgan fingerprint density at radius 1 is 1.33 bits per heavy atom. The van der Waals surface area contributed by atoms with E-state index in [1.54, 1.807) is 30.0 Å². The van der Waals surface area contributed by atoms with Crippen molar-refractivity contribution in [2.75, 3.05) is 29.9 Å². The number of carbonyl (C=O) groups is 1. The molecule has 2 aliphatic heterocycles. The number of piperidine rings is 1. The highest BCUT2D eigenvalue weighted by Gasteiger charge is 2.33. The molecule has 0 aliphatic carbocycles. The molecule has 9 nitrogen and oxygen atoms in total. The van der Waals surface area contributed by atoms with Crippen LogP contribution in [0.2, 0.25) is 10.0 Å². The number of hydrogen-bond donors (Lipinski definition) is 4. The highest BCUT2D eigenvalue weighted by atomic mass is 35.5. The zero-order valence-corrected chi connectivity index (χ0v) is 21.1. The molecule has 1 aromatic carbocycles. The highest BCUT2D eigenvalue weighted by molar-refractivity contribution is 6.35. The molecule has 36 heavy (non-hydrogen) atoms. The van der Waals surface area contributed by atoms with Crippen LogP contribution < -0.4 is 25.6 Å². The Morgan fingerprint density at radius 3 is 2.81 bits per heavy atom. The SMILES string of the molecule is C[C@@H](Nc1nc(N2CC[C@H](NC(=O)[C@H]3CCCN3)[C@@H](O)C2)ncc1OC(F)F)c1ccc(Cl)cc1Cl. The number of halogens is 4. The summed E-state index contributed by atoms with van der Waals surface area (Å²) in [5, 5.41) is 20.7. The third-order valence-electron chi connectivity index (χ3n) is 6.31. The van der Waals surface area contributed by atoms with Gasteiger partial charge in [0.05, 0.1) is 30.4 Å². The summed E-state index contributed by atoms with van der Waals surface area (Å²) in [5.74, 6) is -0.0561. The molecular weight excluding hydrogens is 517 g/mol. The Balaban J connectivity index is 1.47. The van der Waals surface area contributed by atoms with Gasteiger partial charge in [-0.3, -0.25) is 4.79 Å². The van der Waals surface area contributed by atoms with Crippen LogP contribution in [0, 0.1) is 0 Å². The number of β-amino-alcohol motifs (C(OH)–C–C–N with tert-alkyl or cyclic N) is 1. The van der Waals surface area contributed by atoms with Gasteiger partial charge in [0.25, 0.3) is 0 Å². The second-order valence-corrected chi connectivity index (χ2v) is 9.70. The third-order valence-corrected chi connectivity index (χ3v) is 6.87. The van der Waals surface area contributed by atoms with E-state index in [9.17, 15) is 18.7 Å². The second-order valence-electron chi connectivity index (χ2n) is 8.86. The van der Waals surface area contributed by atoms with E-state index in [0.717, 1.165) is 19.4 Å². The van der Waals surface area contributed by atoms with Gasteiger partial charge in [0, 0.05) is 23.1 Å². The summed E-state index contributed by atoms with van der Waals surface area (Å²) in [5.41, 5.74) is 0.688. The number of alkyl halides is 2. The van der Waals surface area contributed by atoms with Gasteiger partial charge in [-0.1, -0.05) is 29.3 Å². The number of rotatable bonds is 8. The van der Waals surface area contributed by atoms with E-state index in [2.05, 4.69) is 30.7 Å². The molecule has 0 unspecified atom stereocenters. The molecule has 2 fully saturated rings. The number of aromatic nitrogens is 2. The van der Waals surface area contributed by atoms with Crippen molar-refractivity contribution in [2.24, 2.45) is 0 Å². The van der Waals surface area contributed by atoms with Gasteiger partial charge in [0.2, 0.25) is 11.9 Å². The number of benzene rings is 1. The summed E-state index contributed by atoms with van der Waals surface area (Å²) < 4.78 is 30.6. The van der Waals surface area contributed by atoms with Gasteiger partial charge < -0.3 is 30.7 Å². The minimum absolute atomic E-state index is 0.0519. The maximum atomic E-state index is 13.0. The van der Waals surface area contributed by atoms with Crippen LogP contribution in [0.5, 0.6) is 5.75 Å². The highest BCUT2D eigenvalue weighted by Crippen LogP contribution is 2.32. The molecule has 2 saturated heterocycles. The number of hydrogen-bond acceptors (Lipinski definition) is 8. The molecule has 196 valence electrons. The average molecular weight is 545 g/mol. The van der Waals surface area contributed by atoms with Crippen molar-refractivity contribution in [1.29, 1.82) is 0 Å². The Labute approximate surface area is 217 Å². The lowest BCUT2D eigenvalue weighted by molar-refractivity contribution is -0.124. The van der Waals surface area contributed by atoms with E-state index in [-0.39, 0.29) is 36.0 Å². The van der Waals surface area contributed by atoms with E-state index < -0.39 is 24.8 Å². The molecule has 4 rings (SSSR count). The first-order chi connectivity index (χ1) is 17.2. The summed E-state index contributed by atoms with van der Waals surface area (Å²) in [7, 11) is 0. The fourth-order valence-electron chi connectivity index (χ4n) is 4.41. The summed E-state index contributed by atoms with van der Waals surface area (Å²) in [6.45, 7) is 0.148. The van der Waals surface area contributed by atoms with Gasteiger partial charge in [-0.05, 0) is 50.4 Å². The zero-order chi connectivity index (χ0) is 25.8. The molecule has 1 aromatic heterocycles. The van der Waals surface area contributed by atoms with Gasteiger partial charge in [0.15, 0.2) is 11.6 Å². The standard InChI is InChI=1S/C23H28Cl2F2N6O3/c1-12(14-5-4-13(24)9-15(14)25)30-20-19(36-22(26)27)10-29-23(32-20)33-8-6-16(18(34)11-33)31-21(35)17-3-2-7-28-17/h4-5,9-10,12,16-18,22,28,34H,2-3,6-8,11H2,1H3,(H,31,35)(H,29,30,32)/t12-,16+,17-,18+/m1/s1. The zero-order valence-electron chi connectivity index (χ0n) is 19.6. The normalized spacial score (nSPS) is 23.0. The van der Waals surface area contributed by atoms with Crippen molar-refractivity contribution < 1.29 is 23.4 Å². The second kappa shape index (κ2) is 11.7. The molecular formula is C23H28Cl2F2N6O3. The molecule has 1 amide bonds. The van der Waals surface area contributed by atoms with Crippen LogP contribution in [-0.2, 0) is 4.79 Å². The molecule has 4 atom stereocenters. The number of amides is 1. The van der Waals surface area contributed by atoms with Gasteiger partial charge in [-0.15, -0.1) is 0 Å². The Kier molecular flexibility index (Phi) is 8.66. The molecule has 0 bridgehead atoms. The van der Waals surface area contributed by atoms with Crippen molar-refractivity contribution >= 4 is 40.9 Å². The number of nitrogens with zero attached hydrogens (tertiary/aromatic N) is 3. The molecule has 2 aromatic rings. The van der Waals surface area contributed by atoms with Crippen LogP contribution in [0.4, 0.5) is 20.5 Å². The predicted molar refractivity (Wildman–Crippen MR) is 133 cm³/mol. The quantitative estimate of drug-likeness (QED) is 0.400. The number of anilines is 2. The Bertz CT molecular complexity index is 1080. The Hall–Kier alpha value is -2.47. The fourth-order valence-corrected chi connectivity index (χ4v) is 4.98. The lowest BCUT2D eigenvalue weighted by Gasteiger charge is -2.36. The first-order valence-corrected chi connectivity index (χ1v) is 12.5. The van der Waals surface area contributed by atoms with Crippen molar-refractivity contribution in [3.8, 4) is 5.75 Å². The van der Waals surface area contributed by atoms with Gasteiger partial charge in [-0.2, -0.15) is 13.8 Å². The van der Waals surface area contributed by atoms with Crippen molar-refractivity contribution in [3.05, 3.63) is 40.0 Å². The summed E-state index contributed by atoms with van der Waals surface area (Å²) >= 11 is 12.3.